The summed E-state index contributed by atoms with van der Waals surface area (Å²) in [5.74, 6) is 0. The summed E-state index contributed by atoms with van der Waals surface area (Å²) >= 11 is 5.88. The van der Waals surface area contributed by atoms with E-state index < -0.39 is 0 Å². The van der Waals surface area contributed by atoms with Gasteiger partial charge in [0.1, 0.15) is 0 Å². The Kier molecular flexibility index (Phi) is 2.34. The summed E-state index contributed by atoms with van der Waals surface area (Å²) < 4.78 is 0. The van der Waals surface area contributed by atoms with Crippen LogP contribution in [-0.4, -0.2) is 0 Å². The molecule has 1 atom stereocenters. The lowest BCUT2D eigenvalue weighted by atomic mass is 10.1. The van der Waals surface area contributed by atoms with Gasteiger partial charge in [0, 0.05) is 0 Å². The molecule has 0 aliphatic carbocycles. The zero-order chi connectivity index (χ0) is 7.56. The fourth-order valence-electron chi connectivity index (χ4n) is 0.918. The molecular weight excluding hydrogens is 144 g/mol. The molecule has 10 heavy (non-hydrogen) atoms. The summed E-state index contributed by atoms with van der Waals surface area (Å²) in [5.41, 5.74) is 2.46. The van der Waals surface area contributed by atoms with Gasteiger partial charge in [-0.05, 0) is 19.4 Å². The Hall–Kier alpha value is -0.490. The van der Waals surface area contributed by atoms with E-state index in [1.54, 1.807) is 0 Å². The van der Waals surface area contributed by atoms with Crippen molar-refractivity contribution in [2.75, 3.05) is 0 Å². The second-order valence-corrected chi connectivity index (χ2v) is 3.18. The molecule has 1 unspecified atom stereocenters. The molecule has 0 fully saturated rings. The van der Waals surface area contributed by atoms with Crippen LogP contribution in [0, 0.1) is 6.92 Å². The van der Waals surface area contributed by atoms with Crippen molar-refractivity contribution < 1.29 is 0 Å². The van der Waals surface area contributed by atoms with Gasteiger partial charge in [0.05, 0.1) is 5.38 Å². The highest BCUT2D eigenvalue weighted by molar-refractivity contribution is 6.20. The average Bonchev–Trinajstić information content (AvgIpc) is 1.88. The lowest BCUT2D eigenvalue weighted by Gasteiger charge is -2.02. The number of alkyl halides is 1. The summed E-state index contributed by atoms with van der Waals surface area (Å²) in [6, 6.07) is 8.26. The van der Waals surface area contributed by atoms with E-state index in [4.69, 9.17) is 11.6 Å². The molecule has 0 spiro atoms. The van der Waals surface area contributed by atoms with Crippen molar-refractivity contribution in [2.24, 2.45) is 0 Å². The third kappa shape index (κ3) is 1.74. The Morgan fingerprint density at radius 2 is 2.10 bits per heavy atom. The SMILES string of the molecule is Cc1cccc(C(C)Cl)c1. The van der Waals surface area contributed by atoms with Gasteiger partial charge in [-0.2, -0.15) is 0 Å². The predicted octanol–water partition coefficient (Wildman–Crippen LogP) is 3.29. The van der Waals surface area contributed by atoms with E-state index in [9.17, 15) is 0 Å². The van der Waals surface area contributed by atoms with E-state index in [2.05, 4.69) is 19.1 Å². The zero-order valence-corrected chi connectivity index (χ0v) is 7.02. The molecule has 0 aliphatic heterocycles. The maximum absolute atomic E-state index is 5.88. The lowest BCUT2D eigenvalue weighted by molar-refractivity contribution is 1.08. The van der Waals surface area contributed by atoms with Crippen LogP contribution in [0.5, 0.6) is 0 Å². The van der Waals surface area contributed by atoms with Crippen LogP contribution in [0.15, 0.2) is 24.3 Å². The van der Waals surface area contributed by atoms with Crippen molar-refractivity contribution in [3.05, 3.63) is 35.4 Å². The molecule has 0 aliphatic rings. The summed E-state index contributed by atoms with van der Waals surface area (Å²) in [6.45, 7) is 4.05. The van der Waals surface area contributed by atoms with Gasteiger partial charge in [-0.3, -0.25) is 0 Å². The Morgan fingerprint density at radius 1 is 1.40 bits per heavy atom. The monoisotopic (exact) mass is 154 g/mol. The van der Waals surface area contributed by atoms with Gasteiger partial charge >= 0.3 is 0 Å². The normalized spacial score (nSPS) is 13.1. The van der Waals surface area contributed by atoms with Crippen LogP contribution in [0.2, 0.25) is 0 Å². The summed E-state index contributed by atoms with van der Waals surface area (Å²) in [6.07, 6.45) is 0. The van der Waals surface area contributed by atoms with Crippen LogP contribution in [0.3, 0.4) is 0 Å². The van der Waals surface area contributed by atoms with Gasteiger partial charge in [0.15, 0.2) is 0 Å². The molecule has 0 N–H and O–H groups in total. The van der Waals surface area contributed by atoms with E-state index in [1.807, 2.05) is 19.1 Å². The van der Waals surface area contributed by atoms with Gasteiger partial charge in [0.25, 0.3) is 0 Å². The summed E-state index contributed by atoms with van der Waals surface area (Å²) in [7, 11) is 0. The summed E-state index contributed by atoms with van der Waals surface area (Å²) in [4.78, 5) is 0. The highest BCUT2D eigenvalue weighted by Crippen LogP contribution is 2.19. The molecule has 0 saturated heterocycles. The molecule has 0 nitrogen and oxygen atoms in total. The van der Waals surface area contributed by atoms with Crippen molar-refractivity contribution in [1.29, 1.82) is 0 Å². The number of halogens is 1. The Labute approximate surface area is 66.8 Å². The van der Waals surface area contributed by atoms with E-state index in [0.29, 0.717) is 0 Å². The minimum atomic E-state index is 0.125. The van der Waals surface area contributed by atoms with E-state index in [-0.39, 0.29) is 5.38 Å². The van der Waals surface area contributed by atoms with Crippen LogP contribution in [0.4, 0.5) is 0 Å². The average molecular weight is 155 g/mol. The van der Waals surface area contributed by atoms with Crippen molar-refractivity contribution in [3.63, 3.8) is 0 Å². The second-order valence-electron chi connectivity index (χ2n) is 2.53. The second kappa shape index (κ2) is 3.07. The molecule has 0 saturated carbocycles. The first-order valence-corrected chi connectivity index (χ1v) is 3.84. The Bertz CT molecular complexity index is 216. The molecule has 1 aromatic carbocycles. The Balaban J connectivity index is 2.96. The van der Waals surface area contributed by atoms with Crippen molar-refractivity contribution in [3.8, 4) is 0 Å². The molecule has 0 heterocycles. The molecule has 54 valence electrons. The highest BCUT2D eigenvalue weighted by atomic mass is 35.5. The topological polar surface area (TPSA) is 0 Å². The number of aryl methyl sites for hydroxylation is 1. The van der Waals surface area contributed by atoms with Crippen LogP contribution in [0.25, 0.3) is 0 Å². The number of hydrogen-bond acceptors (Lipinski definition) is 0. The smallest absolute Gasteiger partial charge is 0.0557 e. The largest absolute Gasteiger partial charge is 0.118 e. The number of benzene rings is 1. The minimum Gasteiger partial charge on any atom is -0.118 e. The molecule has 0 aromatic heterocycles. The van der Waals surface area contributed by atoms with Gasteiger partial charge in [-0.25, -0.2) is 0 Å². The van der Waals surface area contributed by atoms with Gasteiger partial charge in [0.2, 0.25) is 0 Å². The van der Waals surface area contributed by atoms with Gasteiger partial charge < -0.3 is 0 Å². The molecular formula is C9H11Cl. The van der Waals surface area contributed by atoms with E-state index >= 15 is 0 Å². The first-order chi connectivity index (χ1) is 4.70. The standard InChI is InChI=1S/C9H11Cl/c1-7-4-3-5-9(6-7)8(2)10/h3-6,8H,1-2H3. The summed E-state index contributed by atoms with van der Waals surface area (Å²) in [5, 5.41) is 0.125. The van der Waals surface area contributed by atoms with Crippen LogP contribution < -0.4 is 0 Å². The fourth-order valence-corrected chi connectivity index (χ4v) is 1.05. The van der Waals surface area contributed by atoms with Crippen molar-refractivity contribution in [2.45, 2.75) is 19.2 Å². The number of rotatable bonds is 1. The quantitative estimate of drug-likeness (QED) is 0.545. The first kappa shape index (κ1) is 7.62. The van der Waals surface area contributed by atoms with Gasteiger partial charge in [-0.1, -0.05) is 29.8 Å². The molecule has 1 rings (SSSR count). The molecule has 0 amide bonds. The van der Waals surface area contributed by atoms with Gasteiger partial charge in [-0.15, -0.1) is 11.6 Å². The number of hydrogen-bond donors (Lipinski definition) is 0. The molecule has 1 aromatic rings. The van der Waals surface area contributed by atoms with E-state index in [1.165, 1.54) is 11.1 Å². The fraction of sp³-hybridized carbons (Fsp3) is 0.333. The Morgan fingerprint density at radius 3 is 2.50 bits per heavy atom. The van der Waals surface area contributed by atoms with Crippen molar-refractivity contribution in [1.82, 2.24) is 0 Å². The predicted molar refractivity (Wildman–Crippen MR) is 45.4 cm³/mol. The minimum absolute atomic E-state index is 0.125. The first-order valence-electron chi connectivity index (χ1n) is 3.41. The third-order valence-corrected chi connectivity index (χ3v) is 1.75. The van der Waals surface area contributed by atoms with Crippen LogP contribution in [0.1, 0.15) is 23.4 Å². The highest BCUT2D eigenvalue weighted by Gasteiger charge is 1.98. The lowest BCUT2D eigenvalue weighted by Crippen LogP contribution is -1.83. The molecule has 0 radical (unpaired) electrons. The maximum atomic E-state index is 5.88. The van der Waals surface area contributed by atoms with Crippen LogP contribution in [-0.2, 0) is 0 Å². The third-order valence-electron chi connectivity index (χ3n) is 1.50. The van der Waals surface area contributed by atoms with Crippen LogP contribution >= 0.6 is 11.6 Å². The maximum Gasteiger partial charge on any atom is 0.0557 e. The molecule has 1 heteroatoms. The molecule has 0 bridgehead atoms. The zero-order valence-electron chi connectivity index (χ0n) is 6.26. The van der Waals surface area contributed by atoms with Crippen molar-refractivity contribution >= 4 is 11.6 Å². The van der Waals surface area contributed by atoms with E-state index in [0.717, 1.165) is 0 Å².